The highest BCUT2D eigenvalue weighted by molar-refractivity contribution is 6.02. The number of carbonyl (C=O) groups is 1. The van der Waals surface area contributed by atoms with Crippen molar-refractivity contribution in [1.29, 1.82) is 5.26 Å². The standard InChI is InChI=1S/C20H20N2O2/c1-14-5-4-6-17(11-14)20(2,3)22-19(24)16(13-21)12-15-7-9-18(23)10-8-15/h4-12,23H,1-3H3,(H,22,24)/b16-12+. The van der Waals surface area contributed by atoms with Gasteiger partial charge in [-0.15, -0.1) is 0 Å². The molecule has 0 radical (unpaired) electrons. The van der Waals surface area contributed by atoms with Crippen LogP contribution in [-0.2, 0) is 10.3 Å². The van der Waals surface area contributed by atoms with Crippen LogP contribution in [0, 0.1) is 18.3 Å². The lowest BCUT2D eigenvalue weighted by molar-refractivity contribution is -0.118. The molecule has 0 atom stereocenters. The molecule has 1 amide bonds. The number of rotatable bonds is 4. The predicted molar refractivity (Wildman–Crippen MR) is 94.0 cm³/mol. The van der Waals surface area contributed by atoms with E-state index in [9.17, 15) is 15.2 Å². The highest BCUT2D eigenvalue weighted by Gasteiger charge is 2.24. The molecular weight excluding hydrogens is 300 g/mol. The Labute approximate surface area is 142 Å². The molecule has 0 spiro atoms. The largest absolute Gasteiger partial charge is 0.508 e. The molecule has 0 heterocycles. The molecule has 2 aromatic rings. The second-order valence-corrected chi connectivity index (χ2v) is 6.21. The Kier molecular flexibility index (Phi) is 5.05. The highest BCUT2D eigenvalue weighted by atomic mass is 16.3. The summed E-state index contributed by atoms with van der Waals surface area (Å²) in [5, 5.41) is 21.5. The fraction of sp³-hybridized carbons (Fsp3) is 0.200. The first-order valence-electron chi connectivity index (χ1n) is 7.62. The van der Waals surface area contributed by atoms with E-state index in [2.05, 4.69) is 5.32 Å². The fourth-order valence-corrected chi connectivity index (χ4v) is 2.34. The molecule has 2 N–H and O–H groups in total. The van der Waals surface area contributed by atoms with Gasteiger partial charge in [0.2, 0.25) is 0 Å². The number of aromatic hydroxyl groups is 1. The van der Waals surface area contributed by atoms with Crippen LogP contribution in [0.2, 0.25) is 0 Å². The summed E-state index contributed by atoms with van der Waals surface area (Å²) < 4.78 is 0. The van der Waals surface area contributed by atoms with Crippen molar-refractivity contribution in [2.75, 3.05) is 0 Å². The van der Waals surface area contributed by atoms with E-state index in [4.69, 9.17) is 0 Å². The summed E-state index contributed by atoms with van der Waals surface area (Å²) in [6, 6.07) is 16.1. The Hall–Kier alpha value is -3.06. The van der Waals surface area contributed by atoms with Crippen LogP contribution >= 0.6 is 0 Å². The smallest absolute Gasteiger partial charge is 0.262 e. The molecule has 0 aliphatic heterocycles. The monoisotopic (exact) mass is 320 g/mol. The molecule has 0 saturated heterocycles. The maximum absolute atomic E-state index is 12.5. The maximum atomic E-state index is 12.5. The molecule has 0 aromatic heterocycles. The number of nitrogens with zero attached hydrogens (tertiary/aromatic N) is 1. The average Bonchev–Trinajstić information content (AvgIpc) is 2.53. The topological polar surface area (TPSA) is 73.1 Å². The Morgan fingerprint density at radius 2 is 1.88 bits per heavy atom. The van der Waals surface area contributed by atoms with E-state index in [1.54, 1.807) is 12.1 Å². The summed E-state index contributed by atoms with van der Waals surface area (Å²) in [6.45, 7) is 5.79. The van der Waals surface area contributed by atoms with Crippen molar-refractivity contribution in [3.63, 3.8) is 0 Å². The van der Waals surface area contributed by atoms with Crippen molar-refractivity contribution in [2.24, 2.45) is 0 Å². The van der Waals surface area contributed by atoms with Gasteiger partial charge in [0.05, 0.1) is 5.54 Å². The van der Waals surface area contributed by atoms with Gasteiger partial charge in [-0.2, -0.15) is 5.26 Å². The zero-order valence-electron chi connectivity index (χ0n) is 14.0. The van der Waals surface area contributed by atoms with Crippen LogP contribution in [0.25, 0.3) is 6.08 Å². The van der Waals surface area contributed by atoms with Gasteiger partial charge in [0.25, 0.3) is 5.91 Å². The molecule has 0 fully saturated rings. The lowest BCUT2D eigenvalue weighted by atomic mass is 9.92. The Bertz CT molecular complexity index is 812. The molecule has 0 aliphatic rings. The van der Waals surface area contributed by atoms with Gasteiger partial charge >= 0.3 is 0 Å². The van der Waals surface area contributed by atoms with Gasteiger partial charge in [0, 0.05) is 0 Å². The van der Waals surface area contributed by atoms with Gasteiger partial charge in [-0.25, -0.2) is 0 Å². The number of nitrogens with one attached hydrogen (secondary N) is 1. The van der Waals surface area contributed by atoms with Crippen molar-refractivity contribution in [3.05, 3.63) is 70.8 Å². The number of hydrogen-bond acceptors (Lipinski definition) is 3. The predicted octanol–water partition coefficient (Wildman–Crippen LogP) is 3.66. The number of nitriles is 1. The van der Waals surface area contributed by atoms with Gasteiger partial charge < -0.3 is 10.4 Å². The van der Waals surface area contributed by atoms with Gasteiger partial charge in [0.1, 0.15) is 17.4 Å². The van der Waals surface area contributed by atoms with Gasteiger partial charge in [0.15, 0.2) is 0 Å². The Morgan fingerprint density at radius 3 is 2.46 bits per heavy atom. The van der Waals surface area contributed by atoms with Crippen molar-refractivity contribution in [2.45, 2.75) is 26.3 Å². The van der Waals surface area contributed by atoms with Crippen molar-refractivity contribution in [1.82, 2.24) is 5.32 Å². The first-order valence-corrected chi connectivity index (χ1v) is 7.62. The number of aryl methyl sites for hydroxylation is 1. The zero-order chi connectivity index (χ0) is 17.7. The molecule has 0 saturated carbocycles. The number of phenols is 1. The second kappa shape index (κ2) is 7.01. The zero-order valence-corrected chi connectivity index (χ0v) is 14.0. The number of hydrogen-bond donors (Lipinski definition) is 2. The van der Waals surface area contributed by atoms with Crippen LogP contribution in [0.5, 0.6) is 5.75 Å². The van der Waals surface area contributed by atoms with E-state index in [1.165, 1.54) is 18.2 Å². The number of amides is 1. The van der Waals surface area contributed by atoms with E-state index in [-0.39, 0.29) is 11.3 Å². The molecule has 4 heteroatoms. The molecule has 0 bridgehead atoms. The number of carbonyl (C=O) groups excluding carboxylic acids is 1. The summed E-state index contributed by atoms with van der Waals surface area (Å²) >= 11 is 0. The molecule has 4 nitrogen and oxygen atoms in total. The average molecular weight is 320 g/mol. The fourth-order valence-electron chi connectivity index (χ4n) is 2.34. The third-order valence-corrected chi connectivity index (χ3v) is 3.73. The Morgan fingerprint density at radius 1 is 1.21 bits per heavy atom. The van der Waals surface area contributed by atoms with Gasteiger partial charge in [-0.3, -0.25) is 4.79 Å². The molecular formula is C20H20N2O2. The summed E-state index contributed by atoms with van der Waals surface area (Å²) in [5.74, 6) is -0.298. The van der Waals surface area contributed by atoms with E-state index in [1.807, 2.05) is 51.1 Å². The van der Waals surface area contributed by atoms with Crippen LogP contribution in [-0.4, -0.2) is 11.0 Å². The van der Waals surface area contributed by atoms with Crippen LogP contribution in [0.15, 0.2) is 54.1 Å². The molecule has 2 aromatic carbocycles. The minimum absolute atomic E-state index is 0.0152. The lowest BCUT2D eigenvalue weighted by Crippen LogP contribution is -2.41. The first kappa shape index (κ1) is 17.3. The summed E-state index contributed by atoms with van der Waals surface area (Å²) in [6.07, 6.45) is 1.50. The quantitative estimate of drug-likeness (QED) is 0.667. The SMILES string of the molecule is Cc1cccc(C(C)(C)NC(=O)/C(C#N)=C/c2ccc(O)cc2)c1. The highest BCUT2D eigenvalue weighted by Crippen LogP contribution is 2.22. The number of phenolic OH excluding ortho intramolecular Hbond substituents is 1. The minimum Gasteiger partial charge on any atom is -0.508 e. The molecule has 0 unspecified atom stereocenters. The Balaban J connectivity index is 2.23. The minimum atomic E-state index is -0.603. The van der Waals surface area contributed by atoms with Crippen LogP contribution in [0.1, 0.15) is 30.5 Å². The third-order valence-electron chi connectivity index (χ3n) is 3.73. The van der Waals surface area contributed by atoms with Crippen molar-refractivity contribution < 1.29 is 9.90 Å². The molecule has 122 valence electrons. The van der Waals surface area contributed by atoms with E-state index >= 15 is 0 Å². The van der Waals surface area contributed by atoms with Crippen LogP contribution in [0.3, 0.4) is 0 Å². The first-order chi connectivity index (χ1) is 11.3. The van der Waals surface area contributed by atoms with Crippen LogP contribution < -0.4 is 5.32 Å². The molecule has 24 heavy (non-hydrogen) atoms. The van der Waals surface area contributed by atoms with E-state index < -0.39 is 11.4 Å². The van der Waals surface area contributed by atoms with Gasteiger partial charge in [-0.1, -0.05) is 42.0 Å². The van der Waals surface area contributed by atoms with Gasteiger partial charge in [-0.05, 0) is 50.1 Å². The van der Waals surface area contributed by atoms with Crippen molar-refractivity contribution >= 4 is 12.0 Å². The maximum Gasteiger partial charge on any atom is 0.262 e. The summed E-state index contributed by atoms with van der Waals surface area (Å²) in [7, 11) is 0. The van der Waals surface area contributed by atoms with E-state index in [0.717, 1.165) is 11.1 Å². The second-order valence-electron chi connectivity index (χ2n) is 6.21. The number of benzene rings is 2. The molecule has 0 aliphatic carbocycles. The van der Waals surface area contributed by atoms with Crippen LogP contribution in [0.4, 0.5) is 0 Å². The summed E-state index contributed by atoms with van der Waals surface area (Å²) in [5.41, 5.74) is 2.16. The normalized spacial score (nSPS) is 11.7. The lowest BCUT2D eigenvalue weighted by Gasteiger charge is -2.27. The van der Waals surface area contributed by atoms with E-state index in [0.29, 0.717) is 5.56 Å². The molecule has 2 rings (SSSR count). The summed E-state index contributed by atoms with van der Waals surface area (Å²) in [4.78, 5) is 12.5. The van der Waals surface area contributed by atoms with Crippen molar-refractivity contribution in [3.8, 4) is 11.8 Å². The third kappa shape index (κ3) is 4.23.